The van der Waals surface area contributed by atoms with Crippen molar-refractivity contribution in [1.29, 1.82) is 5.26 Å². The number of hydrogen-bond donors (Lipinski definition) is 1. The van der Waals surface area contributed by atoms with Crippen molar-refractivity contribution < 1.29 is 4.74 Å². The average molecular weight is 266 g/mol. The molecule has 0 amide bonds. The SMILES string of the molecule is COc1ccc([C@H](C)NCc2ccc(C#N)cc2)cc1. The van der Waals surface area contributed by atoms with Crippen LogP contribution in [0.5, 0.6) is 5.75 Å². The van der Waals surface area contributed by atoms with E-state index in [-0.39, 0.29) is 6.04 Å². The van der Waals surface area contributed by atoms with Crippen LogP contribution in [0.1, 0.15) is 29.7 Å². The van der Waals surface area contributed by atoms with Crippen molar-refractivity contribution in [2.75, 3.05) is 7.11 Å². The molecule has 3 nitrogen and oxygen atoms in total. The summed E-state index contributed by atoms with van der Waals surface area (Å²) < 4.78 is 5.15. The third-order valence-corrected chi connectivity index (χ3v) is 3.31. The number of nitriles is 1. The molecule has 1 N–H and O–H groups in total. The molecule has 0 saturated heterocycles. The van der Waals surface area contributed by atoms with Crippen LogP contribution in [0.15, 0.2) is 48.5 Å². The number of benzene rings is 2. The second-order valence-corrected chi connectivity index (χ2v) is 4.68. The van der Waals surface area contributed by atoms with Crippen LogP contribution in [0.3, 0.4) is 0 Å². The van der Waals surface area contributed by atoms with Gasteiger partial charge in [-0.2, -0.15) is 5.26 Å². The summed E-state index contributed by atoms with van der Waals surface area (Å²) in [5, 5.41) is 12.2. The minimum absolute atomic E-state index is 0.261. The van der Waals surface area contributed by atoms with E-state index in [9.17, 15) is 0 Å². The number of hydrogen-bond acceptors (Lipinski definition) is 3. The molecule has 0 unspecified atom stereocenters. The van der Waals surface area contributed by atoms with Crippen molar-refractivity contribution in [2.24, 2.45) is 0 Å². The summed E-state index contributed by atoms with van der Waals surface area (Å²) in [6, 6.07) is 18.1. The minimum Gasteiger partial charge on any atom is -0.497 e. The molecule has 0 heterocycles. The van der Waals surface area contributed by atoms with Gasteiger partial charge in [0, 0.05) is 12.6 Å². The van der Waals surface area contributed by atoms with Crippen molar-refractivity contribution in [2.45, 2.75) is 19.5 Å². The number of ether oxygens (including phenoxy) is 1. The highest BCUT2D eigenvalue weighted by molar-refractivity contribution is 5.32. The van der Waals surface area contributed by atoms with Crippen LogP contribution in [0.25, 0.3) is 0 Å². The standard InChI is InChI=1S/C17H18N2O/c1-13(16-7-9-17(20-2)10-8-16)19-12-15-5-3-14(11-18)4-6-15/h3-10,13,19H,12H2,1-2H3/t13-/m0/s1. The Morgan fingerprint density at radius 1 is 1.10 bits per heavy atom. The lowest BCUT2D eigenvalue weighted by atomic mass is 10.1. The lowest BCUT2D eigenvalue weighted by Gasteiger charge is -2.14. The summed E-state index contributed by atoms with van der Waals surface area (Å²) in [6.45, 7) is 2.91. The summed E-state index contributed by atoms with van der Waals surface area (Å²) >= 11 is 0. The van der Waals surface area contributed by atoms with Crippen LogP contribution in [-0.4, -0.2) is 7.11 Å². The van der Waals surface area contributed by atoms with Gasteiger partial charge < -0.3 is 10.1 Å². The Morgan fingerprint density at radius 3 is 2.30 bits per heavy atom. The van der Waals surface area contributed by atoms with Gasteiger partial charge in [0.2, 0.25) is 0 Å². The van der Waals surface area contributed by atoms with E-state index in [4.69, 9.17) is 10.00 Å². The van der Waals surface area contributed by atoms with E-state index in [0.717, 1.165) is 12.3 Å². The fraction of sp³-hybridized carbons (Fsp3) is 0.235. The van der Waals surface area contributed by atoms with Crippen molar-refractivity contribution in [3.63, 3.8) is 0 Å². The third-order valence-electron chi connectivity index (χ3n) is 3.31. The Labute approximate surface area is 119 Å². The van der Waals surface area contributed by atoms with Crippen molar-refractivity contribution in [3.8, 4) is 11.8 Å². The van der Waals surface area contributed by atoms with Gasteiger partial charge in [0.15, 0.2) is 0 Å². The van der Waals surface area contributed by atoms with Crippen LogP contribution in [-0.2, 0) is 6.54 Å². The van der Waals surface area contributed by atoms with E-state index in [0.29, 0.717) is 5.56 Å². The first-order valence-corrected chi connectivity index (χ1v) is 6.59. The molecule has 0 aliphatic rings. The molecule has 20 heavy (non-hydrogen) atoms. The highest BCUT2D eigenvalue weighted by Gasteiger charge is 2.05. The quantitative estimate of drug-likeness (QED) is 0.902. The first-order valence-electron chi connectivity index (χ1n) is 6.59. The van der Waals surface area contributed by atoms with Crippen LogP contribution in [0, 0.1) is 11.3 Å². The molecule has 1 atom stereocenters. The molecule has 0 fully saturated rings. The Morgan fingerprint density at radius 2 is 1.75 bits per heavy atom. The zero-order chi connectivity index (χ0) is 14.4. The Hall–Kier alpha value is -2.31. The van der Waals surface area contributed by atoms with Gasteiger partial charge >= 0.3 is 0 Å². The smallest absolute Gasteiger partial charge is 0.118 e. The molecule has 2 aromatic carbocycles. The molecule has 3 heteroatoms. The van der Waals surface area contributed by atoms with Gasteiger partial charge in [-0.15, -0.1) is 0 Å². The summed E-state index contributed by atoms with van der Waals surface area (Å²) in [6.07, 6.45) is 0. The number of methoxy groups -OCH3 is 1. The van der Waals surface area contributed by atoms with Crippen LogP contribution in [0.2, 0.25) is 0 Å². The molecule has 2 rings (SSSR count). The molecule has 0 bridgehead atoms. The monoisotopic (exact) mass is 266 g/mol. The Balaban J connectivity index is 1.93. The fourth-order valence-electron chi connectivity index (χ4n) is 1.98. The zero-order valence-corrected chi connectivity index (χ0v) is 11.8. The molecule has 0 saturated carbocycles. The minimum atomic E-state index is 0.261. The Kier molecular flexibility index (Phi) is 4.75. The van der Waals surface area contributed by atoms with E-state index in [1.165, 1.54) is 11.1 Å². The molecule has 0 aliphatic heterocycles. The van der Waals surface area contributed by atoms with Gasteiger partial charge in [0.1, 0.15) is 5.75 Å². The van der Waals surface area contributed by atoms with Crippen molar-refractivity contribution >= 4 is 0 Å². The first-order chi connectivity index (χ1) is 9.72. The van der Waals surface area contributed by atoms with Crippen molar-refractivity contribution in [3.05, 3.63) is 65.2 Å². The summed E-state index contributed by atoms with van der Waals surface area (Å²) in [7, 11) is 1.67. The zero-order valence-electron chi connectivity index (χ0n) is 11.8. The molecule has 0 aliphatic carbocycles. The van der Waals surface area contributed by atoms with Gasteiger partial charge in [-0.25, -0.2) is 0 Å². The maximum Gasteiger partial charge on any atom is 0.118 e. The second-order valence-electron chi connectivity index (χ2n) is 4.68. The van der Waals surface area contributed by atoms with Gasteiger partial charge in [-0.05, 0) is 42.3 Å². The maximum absolute atomic E-state index is 8.76. The number of nitrogens with one attached hydrogen (secondary N) is 1. The largest absolute Gasteiger partial charge is 0.497 e. The van der Waals surface area contributed by atoms with E-state index in [2.05, 4.69) is 30.4 Å². The lowest BCUT2D eigenvalue weighted by molar-refractivity contribution is 0.414. The summed E-state index contributed by atoms with van der Waals surface area (Å²) in [5.41, 5.74) is 3.08. The molecule has 102 valence electrons. The normalized spacial score (nSPS) is 11.7. The topological polar surface area (TPSA) is 45.0 Å². The van der Waals surface area contributed by atoms with Gasteiger partial charge in [0.05, 0.1) is 18.7 Å². The predicted molar refractivity (Wildman–Crippen MR) is 79.4 cm³/mol. The van der Waals surface area contributed by atoms with Crippen LogP contribution in [0.4, 0.5) is 0 Å². The summed E-state index contributed by atoms with van der Waals surface area (Å²) in [5.74, 6) is 0.869. The average Bonchev–Trinajstić information content (AvgIpc) is 2.53. The molecular weight excluding hydrogens is 248 g/mol. The van der Waals surface area contributed by atoms with E-state index in [1.54, 1.807) is 7.11 Å². The number of rotatable bonds is 5. The molecule has 2 aromatic rings. The number of nitrogens with zero attached hydrogens (tertiary/aromatic N) is 1. The third kappa shape index (κ3) is 3.59. The van der Waals surface area contributed by atoms with Crippen LogP contribution >= 0.6 is 0 Å². The van der Waals surface area contributed by atoms with Crippen LogP contribution < -0.4 is 10.1 Å². The molecular formula is C17H18N2O. The second kappa shape index (κ2) is 6.74. The van der Waals surface area contributed by atoms with Gasteiger partial charge in [-0.1, -0.05) is 24.3 Å². The predicted octanol–water partition coefficient (Wildman–Crippen LogP) is 3.42. The highest BCUT2D eigenvalue weighted by Crippen LogP contribution is 2.17. The fourth-order valence-corrected chi connectivity index (χ4v) is 1.98. The lowest BCUT2D eigenvalue weighted by Crippen LogP contribution is -2.17. The van der Waals surface area contributed by atoms with E-state index in [1.807, 2.05) is 36.4 Å². The van der Waals surface area contributed by atoms with Crippen molar-refractivity contribution in [1.82, 2.24) is 5.32 Å². The van der Waals surface area contributed by atoms with Gasteiger partial charge in [0.25, 0.3) is 0 Å². The van der Waals surface area contributed by atoms with E-state index < -0.39 is 0 Å². The maximum atomic E-state index is 8.76. The molecule has 0 spiro atoms. The Bertz CT molecular complexity index is 582. The van der Waals surface area contributed by atoms with E-state index >= 15 is 0 Å². The molecule has 0 aromatic heterocycles. The summed E-state index contributed by atoms with van der Waals surface area (Å²) in [4.78, 5) is 0. The highest BCUT2D eigenvalue weighted by atomic mass is 16.5. The first kappa shape index (κ1) is 14.1. The van der Waals surface area contributed by atoms with Gasteiger partial charge in [-0.3, -0.25) is 0 Å². The molecule has 0 radical (unpaired) electrons.